The molecule has 164 valence electrons. The van der Waals surface area contributed by atoms with Gasteiger partial charge in [-0.25, -0.2) is 8.78 Å². The van der Waals surface area contributed by atoms with Crippen LogP contribution in [0.2, 0.25) is 0 Å². The van der Waals surface area contributed by atoms with E-state index in [-0.39, 0.29) is 31.1 Å². The van der Waals surface area contributed by atoms with Gasteiger partial charge in [0.25, 0.3) is 0 Å². The summed E-state index contributed by atoms with van der Waals surface area (Å²) in [4.78, 5) is 38.3. The van der Waals surface area contributed by atoms with Gasteiger partial charge in [0, 0.05) is 30.8 Å². The van der Waals surface area contributed by atoms with Crippen LogP contribution in [0, 0.1) is 17.6 Å². The third-order valence-corrected chi connectivity index (χ3v) is 4.80. The molecule has 0 bridgehead atoms. The van der Waals surface area contributed by atoms with Crippen LogP contribution in [0.3, 0.4) is 0 Å². The third kappa shape index (κ3) is 5.08. The fourth-order valence-corrected chi connectivity index (χ4v) is 3.21. The molecular weight excluding hydrogens is 412 g/mol. The van der Waals surface area contributed by atoms with E-state index in [1.54, 1.807) is 18.2 Å². The quantitative estimate of drug-likeness (QED) is 0.697. The zero-order valence-corrected chi connectivity index (χ0v) is 16.9. The molecule has 2 aromatic carbocycles. The molecule has 1 fully saturated rings. The summed E-state index contributed by atoms with van der Waals surface area (Å²) in [5.41, 5.74) is 0.576. The van der Waals surface area contributed by atoms with Gasteiger partial charge in [0.1, 0.15) is 11.5 Å². The van der Waals surface area contributed by atoms with Gasteiger partial charge in [-0.3, -0.25) is 14.4 Å². The van der Waals surface area contributed by atoms with E-state index in [9.17, 15) is 23.2 Å². The summed E-state index contributed by atoms with van der Waals surface area (Å²) in [6.45, 7) is -0.257. The maximum Gasteiger partial charge on any atom is 0.243 e. The molecule has 2 aromatic rings. The van der Waals surface area contributed by atoms with Crippen LogP contribution in [0.1, 0.15) is 6.42 Å². The molecule has 0 saturated carbocycles. The lowest BCUT2D eigenvalue weighted by Gasteiger charge is -2.20. The second-order valence-electron chi connectivity index (χ2n) is 6.84. The number of carbonyl (C=O) groups is 3. The summed E-state index contributed by atoms with van der Waals surface area (Å²) in [6.07, 6.45) is -0.0220. The molecule has 2 N–H and O–H groups in total. The minimum Gasteiger partial charge on any atom is -0.497 e. The monoisotopic (exact) mass is 433 g/mol. The lowest BCUT2D eigenvalue weighted by atomic mass is 10.1. The predicted octanol–water partition coefficient (Wildman–Crippen LogP) is 2.09. The van der Waals surface area contributed by atoms with Crippen LogP contribution in [0.15, 0.2) is 36.4 Å². The standard InChI is InChI=1S/C21H21F2N3O5/c1-30-14-4-6-17(18(9-14)31-2)26-11-12(7-20(26)28)21(29)24-10-19(27)25-13-3-5-15(22)16(23)8-13/h3-6,8-9,12H,7,10-11H2,1-2H3,(H,24,29)(H,25,27). The van der Waals surface area contributed by atoms with Gasteiger partial charge in [-0.05, 0) is 24.3 Å². The van der Waals surface area contributed by atoms with Gasteiger partial charge >= 0.3 is 0 Å². The Bertz CT molecular complexity index is 1010. The lowest BCUT2D eigenvalue weighted by molar-refractivity contribution is -0.127. The van der Waals surface area contributed by atoms with Crippen molar-refractivity contribution in [3.05, 3.63) is 48.0 Å². The summed E-state index contributed by atoms with van der Waals surface area (Å²) in [6, 6.07) is 7.92. The highest BCUT2D eigenvalue weighted by Gasteiger charge is 2.36. The molecule has 0 aliphatic carbocycles. The first kappa shape index (κ1) is 22.0. The average Bonchev–Trinajstić information content (AvgIpc) is 3.15. The maximum atomic E-state index is 13.2. The number of benzene rings is 2. The number of nitrogens with zero attached hydrogens (tertiary/aromatic N) is 1. The zero-order chi connectivity index (χ0) is 22.5. The average molecular weight is 433 g/mol. The van der Waals surface area contributed by atoms with Crippen molar-refractivity contribution in [2.24, 2.45) is 5.92 Å². The zero-order valence-electron chi connectivity index (χ0n) is 16.9. The molecule has 8 nitrogen and oxygen atoms in total. The van der Waals surface area contributed by atoms with E-state index in [2.05, 4.69) is 10.6 Å². The molecule has 1 saturated heterocycles. The fourth-order valence-electron chi connectivity index (χ4n) is 3.21. The third-order valence-electron chi connectivity index (χ3n) is 4.80. The molecule has 10 heteroatoms. The van der Waals surface area contributed by atoms with E-state index in [4.69, 9.17) is 9.47 Å². The number of methoxy groups -OCH3 is 2. The van der Waals surface area contributed by atoms with Gasteiger partial charge in [0.05, 0.1) is 32.4 Å². The van der Waals surface area contributed by atoms with Crippen LogP contribution >= 0.6 is 0 Å². The van der Waals surface area contributed by atoms with E-state index in [1.807, 2.05) is 0 Å². The van der Waals surface area contributed by atoms with Crippen LogP contribution < -0.4 is 25.0 Å². The topological polar surface area (TPSA) is 97.0 Å². The van der Waals surface area contributed by atoms with Crippen LogP contribution in [-0.2, 0) is 14.4 Å². The van der Waals surface area contributed by atoms with E-state index in [0.717, 1.165) is 12.1 Å². The highest BCUT2D eigenvalue weighted by atomic mass is 19.2. The SMILES string of the molecule is COc1ccc(N2CC(C(=O)NCC(=O)Nc3ccc(F)c(F)c3)CC2=O)c(OC)c1. The Balaban J connectivity index is 1.58. The van der Waals surface area contributed by atoms with Crippen molar-refractivity contribution < 1.29 is 32.6 Å². The second kappa shape index (κ2) is 9.41. The van der Waals surface area contributed by atoms with Gasteiger partial charge in [0.15, 0.2) is 11.6 Å². The smallest absolute Gasteiger partial charge is 0.243 e. The number of nitrogens with one attached hydrogen (secondary N) is 2. The molecule has 1 unspecified atom stereocenters. The van der Waals surface area contributed by atoms with Crippen molar-refractivity contribution in [3.63, 3.8) is 0 Å². The van der Waals surface area contributed by atoms with Crippen molar-refractivity contribution in [1.29, 1.82) is 0 Å². The summed E-state index contributed by atoms with van der Waals surface area (Å²) in [5, 5.41) is 4.82. The Kier molecular flexibility index (Phi) is 6.68. The van der Waals surface area contributed by atoms with Crippen molar-refractivity contribution in [3.8, 4) is 11.5 Å². The molecule has 31 heavy (non-hydrogen) atoms. The van der Waals surface area contributed by atoms with Gasteiger partial charge in [-0.2, -0.15) is 0 Å². The molecule has 1 heterocycles. The summed E-state index contributed by atoms with van der Waals surface area (Å²) < 4.78 is 36.6. The number of hydrogen-bond acceptors (Lipinski definition) is 5. The molecule has 0 aromatic heterocycles. The second-order valence-corrected chi connectivity index (χ2v) is 6.84. The van der Waals surface area contributed by atoms with Crippen LogP contribution in [0.5, 0.6) is 11.5 Å². The first-order valence-electron chi connectivity index (χ1n) is 9.37. The Hall–Kier alpha value is -3.69. The van der Waals surface area contributed by atoms with Crippen molar-refractivity contribution >= 4 is 29.1 Å². The Morgan fingerprint density at radius 3 is 2.55 bits per heavy atom. The molecular formula is C21H21F2N3O5. The summed E-state index contributed by atoms with van der Waals surface area (Å²) >= 11 is 0. The highest BCUT2D eigenvalue weighted by Crippen LogP contribution is 2.35. The summed E-state index contributed by atoms with van der Waals surface area (Å²) in [7, 11) is 2.98. The van der Waals surface area contributed by atoms with Crippen LogP contribution in [0.25, 0.3) is 0 Å². The van der Waals surface area contributed by atoms with E-state index >= 15 is 0 Å². The van der Waals surface area contributed by atoms with Gasteiger partial charge in [-0.1, -0.05) is 0 Å². The van der Waals surface area contributed by atoms with Crippen molar-refractivity contribution in [2.45, 2.75) is 6.42 Å². The molecule has 1 atom stereocenters. The van der Waals surface area contributed by atoms with Gasteiger partial charge < -0.3 is 25.0 Å². The normalized spacial score (nSPS) is 15.5. The molecule has 1 aliphatic heterocycles. The number of rotatable bonds is 7. The molecule has 0 radical (unpaired) electrons. The van der Waals surface area contributed by atoms with Crippen LogP contribution in [-0.4, -0.2) is 45.0 Å². The molecule has 0 spiro atoms. The molecule has 1 aliphatic rings. The first-order valence-corrected chi connectivity index (χ1v) is 9.37. The predicted molar refractivity (Wildman–Crippen MR) is 108 cm³/mol. The van der Waals surface area contributed by atoms with E-state index in [0.29, 0.717) is 17.2 Å². The van der Waals surface area contributed by atoms with Crippen molar-refractivity contribution in [1.82, 2.24) is 5.32 Å². The van der Waals surface area contributed by atoms with Crippen LogP contribution in [0.4, 0.5) is 20.2 Å². The van der Waals surface area contributed by atoms with E-state index in [1.165, 1.54) is 25.2 Å². The number of anilines is 2. The largest absolute Gasteiger partial charge is 0.497 e. The Morgan fingerprint density at radius 1 is 1.10 bits per heavy atom. The minimum atomic E-state index is -1.10. The van der Waals surface area contributed by atoms with Gasteiger partial charge in [-0.15, -0.1) is 0 Å². The molecule has 3 rings (SSSR count). The fraction of sp³-hybridized carbons (Fsp3) is 0.286. The number of hydrogen-bond donors (Lipinski definition) is 2. The maximum absolute atomic E-state index is 13.2. The molecule has 3 amide bonds. The Morgan fingerprint density at radius 2 is 1.87 bits per heavy atom. The van der Waals surface area contributed by atoms with Crippen molar-refractivity contribution in [2.75, 3.05) is 37.5 Å². The Labute approximate surface area is 177 Å². The lowest BCUT2D eigenvalue weighted by Crippen LogP contribution is -2.38. The summed E-state index contributed by atoms with van der Waals surface area (Å²) in [5.74, 6) is -3.13. The number of amides is 3. The van der Waals surface area contributed by atoms with E-state index < -0.39 is 29.4 Å². The number of halogens is 2. The van der Waals surface area contributed by atoms with Gasteiger partial charge in [0.2, 0.25) is 17.7 Å². The number of ether oxygens (including phenoxy) is 2. The number of carbonyl (C=O) groups excluding carboxylic acids is 3. The highest BCUT2D eigenvalue weighted by molar-refractivity contribution is 6.02. The minimum absolute atomic E-state index is 0.0220. The first-order chi connectivity index (χ1) is 14.8.